The van der Waals surface area contributed by atoms with Gasteiger partial charge >= 0.3 is 0 Å². The van der Waals surface area contributed by atoms with E-state index < -0.39 is 15.8 Å². The minimum atomic E-state index is -3.96. The summed E-state index contributed by atoms with van der Waals surface area (Å²) < 4.78 is 51.7. The Kier molecular flexibility index (Phi) is 6.71. The molecule has 1 N–H and O–H groups in total. The molecule has 0 atom stereocenters. The van der Waals surface area contributed by atoms with Crippen LogP contribution in [0, 0.1) is 5.82 Å². The Balaban J connectivity index is 1.65. The Morgan fingerprint density at radius 2 is 1.86 bits per heavy atom. The summed E-state index contributed by atoms with van der Waals surface area (Å²) in [6, 6.07) is 10.0. The zero-order valence-corrected chi connectivity index (χ0v) is 16.9. The Morgan fingerprint density at radius 1 is 1.17 bits per heavy atom. The van der Waals surface area contributed by atoms with E-state index in [-0.39, 0.29) is 29.6 Å². The summed E-state index contributed by atoms with van der Waals surface area (Å²) in [4.78, 5) is 13.8. The molecule has 0 aliphatic carbocycles. The minimum absolute atomic E-state index is 0.000683. The number of halogens is 1. The lowest BCUT2D eigenvalue weighted by Gasteiger charge is -2.26. The molecule has 0 unspecified atom stereocenters. The number of hydrogen-bond acceptors (Lipinski definition) is 5. The number of anilines is 1. The summed E-state index contributed by atoms with van der Waals surface area (Å²) in [6.07, 6.45) is 0.233. The maximum Gasteiger partial charge on any atom is 0.262 e. The monoisotopic (exact) mass is 422 g/mol. The average Bonchev–Trinajstić information content (AvgIpc) is 2.71. The van der Waals surface area contributed by atoms with Crippen LogP contribution < -0.4 is 9.46 Å². The first-order valence-electron chi connectivity index (χ1n) is 9.28. The van der Waals surface area contributed by atoms with Gasteiger partial charge in [-0.25, -0.2) is 12.8 Å². The second kappa shape index (κ2) is 9.23. The van der Waals surface area contributed by atoms with Crippen LogP contribution in [0.25, 0.3) is 0 Å². The van der Waals surface area contributed by atoms with Crippen LogP contribution in [0.15, 0.2) is 47.4 Å². The molecule has 1 aliphatic heterocycles. The van der Waals surface area contributed by atoms with Gasteiger partial charge in [0.1, 0.15) is 0 Å². The average molecular weight is 422 g/mol. The third kappa shape index (κ3) is 5.45. The van der Waals surface area contributed by atoms with Gasteiger partial charge in [-0.3, -0.25) is 9.52 Å². The molecular formula is C20H23FN2O5S. The lowest BCUT2D eigenvalue weighted by molar-refractivity contribution is -0.134. The van der Waals surface area contributed by atoms with Crippen molar-refractivity contribution in [1.29, 1.82) is 0 Å². The normalized spacial score (nSPS) is 14.5. The third-order valence-corrected chi connectivity index (χ3v) is 5.82. The molecule has 1 heterocycles. The number of morpholine rings is 1. The van der Waals surface area contributed by atoms with Crippen molar-refractivity contribution in [1.82, 2.24) is 4.90 Å². The highest BCUT2D eigenvalue weighted by Gasteiger charge is 2.19. The SMILES string of the molecule is CCOc1ccc(S(=O)(=O)Nc2ccc(CC(=O)N3CCOCC3)cc2)cc1F. The number of sulfonamides is 1. The van der Waals surface area contributed by atoms with Crippen LogP contribution in [0.1, 0.15) is 12.5 Å². The molecule has 3 rings (SSSR count). The van der Waals surface area contributed by atoms with E-state index in [1.807, 2.05) is 0 Å². The van der Waals surface area contributed by atoms with E-state index in [4.69, 9.17) is 9.47 Å². The summed E-state index contributed by atoms with van der Waals surface area (Å²) in [5.74, 6) is -0.737. The largest absolute Gasteiger partial charge is 0.491 e. The number of hydrogen-bond donors (Lipinski definition) is 1. The second-order valence-corrected chi connectivity index (χ2v) is 8.18. The van der Waals surface area contributed by atoms with Crippen LogP contribution in [-0.2, 0) is 26.0 Å². The number of rotatable bonds is 7. The molecular weight excluding hydrogens is 399 g/mol. The fourth-order valence-corrected chi connectivity index (χ4v) is 4.00. The van der Waals surface area contributed by atoms with Gasteiger partial charge in [0.2, 0.25) is 5.91 Å². The second-order valence-electron chi connectivity index (χ2n) is 6.50. The van der Waals surface area contributed by atoms with Crippen LogP contribution in [0.2, 0.25) is 0 Å². The Hall–Kier alpha value is -2.65. The van der Waals surface area contributed by atoms with E-state index in [0.717, 1.165) is 11.6 Å². The summed E-state index contributed by atoms with van der Waals surface area (Å²) in [5.41, 5.74) is 1.10. The number of nitrogens with one attached hydrogen (secondary N) is 1. The molecule has 29 heavy (non-hydrogen) atoms. The lowest BCUT2D eigenvalue weighted by Crippen LogP contribution is -2.41. The molecule has 0 radical (unpaired) electrons. The standard InChI is InChI=1S/C20H23FN2O5S/c1-2-28-19-8-7-17(14-18(19)21)29(25,26)22-16-5-3-15(4-6-16)13-20(24)23-9-11-27-12-10-23/h3-8,14,22H,2,9-13H2,1H3. The van der Waals surface area contributed by atoms with Crippen LogP contribution in [-0.4, -0.2) is 52.1 Å². The molecule has 0 bridgehead atoms. The molecule has 2 aromatic carbocycles. The molecule has 0 spiro atoms. The van der Waals surface area contributed by atoms with Gasteiger partial charge in [0, 0.05) is 18.8 Å². The number of carbonyl (C=O) groups excluding carboxylic acids is 1. The van der Waals surface area contributed by atoms with Crippen molar-refractivity contribution in [3.05, 3.63) is 53.8 Å². The number of benzene rings is 2. The zero-order valence-electron chi connectivity index (χ0n) is 16.1. The summed E-state index contributed by atoms with van der Waals surface area (Å²) in [5, 5.41) is 0. The van der Waals surface area contributed by atoms with Crippen molar-refractivity contribution in [3.8, 4) is 5.75 Å². The Labute approximate surface area is 169 Å². The van der Waals surface area contributed by atoms with Crippen molar-refractivity contribution in [2.75, 3.05) is 37.6 Å². The lowest BCUT2D eigenvalue weighted by atomic mass is 10.1. The van der Waals surface area contributed by atoms with E-state index in [2.05, 4.69) is 4.72 Å². The van der Waals surface area contributed by atoms with Crippen molar-refractivity contribution in [2.24, 2.45) is 0 Å². The predicted octanol–water partition coefficient (Wildman–Crippen LogP) is 2.43. The van der Waals surface area contributed by atoms with E-state index in [1.54, 1.807) is 36.1 Å². The van der Waals surface area contributed by atoms with E-state index in [9.17, 15) is 17.6 Å². The van der Waals surface area contributed by atoms with Crippen molar-refractivity contribution in [3.63, 3.8) is 0 Å². The Morgan fingerprint density at radius 3 is 2.48 bits per heavy atom. The highest BCUT2D eigenvalue weighted by Crippen LogP contribution is 2.23. The molecule has 7 nitrogen and oxygen atoms in total. The highest BCUT2D eigenvalue weighted by molar-refractivity contribution is 7.92. The van der Waals surface area contributed by atoms with Crippen molar-refractivity contribution < 1.29 is 27.1 Å². The number of amides is 1. The molecule has 0 aromatic heterocycles. The predicted molar refractivity (Wildman–Crippen MR) is 106 cm³/mol. The molecule has 2 aromatic rings. The topological polar surface area (TPSA) is 84.9 Å². The third-order valence-electron chi connectivity index (χ3n) is 4.44. The maximum atomic E-state index is 14.0. The molecule has 1 amide bonds. The van der Waals surface area contributed by atoms with Gasteiger partial charge in [-0.1, -0.05) is 12.1 Å². The van der Waals surface area contributed by atoms with Gasteiger partial charge in [-0.15, -0.1) is 0 Å². The molecule has 1 fully saturated rings. The summed E-state index contributed by atoms with van der Waals surface area (Å²) in [6.45, 7) is 4.23. The minimum Gasteiger partial charge on any atom is -0.491 e. The number of carbonyl (C=O) groups is 1. The smallest absolute Gasteiger partial charge is 0.262 e. The first kappa shape index (κ1) is 21.1. The van der Waals surface area contributed by atoms with Gasteiger partial charge in [0.25, 0.3) is 10.0 Å². The fraction of sp³-hybridized carbons (Fsp3) is 0.350. The number of ether oxygens (including phenoxy) is 2. The maximum absolute atomic E-state index is 14.0. The quantitative estimate of drug-likeness (QED) is 0.741. The molecule has 9 heteroatoms. The summed E-state index contributed by atoms with van der Waals surface area (Å²) in [7, 11) is -3.96. The molecule has 1 aliphatic rings. The van der Waals surface area contributed by atoms with Gasteiger partial charge in [-0.2, -0.15) is 0 Å². The van der Waals surface area contributed by atoms with E-state index in [1.165, 1.54) is 12.1 Å². The molecule has 156 valence electrons. The highest BCUT2D eigenvalue weighted by atomic mass is 32.2. The fourth-order valence-electron chi connectivity index (χ4n) is 2.93. The van der Waals surface area contributed by atoms with Gasteiger partial charge in [0.05, 0.1) is 31.1 Å². The van der Waals surface area contributed by atoms with Gasteiger partial charge in [-0.05, 0) is 42.8 Å². The van der Waals surface area contributed by atoms with Gasteiger partial charge in [0.15, 0.2) is 11.6 Å². The van der Waals surface area contributed by atoms with E-state index in [0.29, 0.717) is 32.0 Å². The van der Waals surface area contributed by atoms with Crippen LogP contribution in [0.3, 0.4) is 0 Å². The molecule has 0 saturated carbocycles. The summed E-state index contributed by atoms with van der Waals surface area (Å²) >= 11 is 0. The zero-order chi connectivity index (χ0) is 20.9. The van der Waals surface area contributed by atoms with Crippen molar-refractivity contribution in [2.45, 2.75) is 18.2 Å². The number of nitrogens with zero attached hydrogens (tertiary/aromatic N) is 1. The first-order chi connectivity index (χ1) is 13.9. The Bertz CT molecular complexity index is 957. The van der Waals surface area contributed by atoms with Crippen LogP contribution in [0.5, 0.6) is 5.75 Å². The van der Waals surface area contributed by atoms with Gasteiger partial charge < -0.3 is 14.4 Å². The van der Waals surface area contributed by atoms with Crippen LogP contribution >= 0.6 is 0 Å². The molecule has 1 saturated heterocycles. The van der Waals surface area contributed by atoms with Crippen molar-refractivity contribution >= 4 is 21.6 Å². The first-order valence-corrected chi connectivity index (χ1v) is 10.8. The van der Waals surface area contributed by atoms with E-state index >= 15 is 0 Å². The van der Waals surface area contributed by atoms with Crippen LogP contribution in [0.4, 0.5) is 10.1 Å².